The van der Waals surface area contributed by atoms with E-state index in [1.165, 1.54) is 22.3 Å². The Hall–Kier alpha value is -6.36. The Balaban J connectivity index is 1.37. The van der Waals surface area contributed by atoms with Crippen LogP contribution in [-0.2, 0) is 36.8 Å². The molecular formula is C75H86O6P2+2. The van der Waals surface area contributed by atoms with Crippen molar-refractivity contribution in [1.82, 2.24) is 0 Å². The average molecular weight is 1150 g/mol. The van der Waals surface area contributed by atoms with E-state index in [1.807, 2.05) is 127 Å². The normalized spacial score (nSPS) is 13.5. The van der Waals surface area contributed by atoms with E-state index in [-0.39, 0.29) is 21.7 Å². The maximum absolute atomic E-state index is 14.6. The van der Waals surface area contributed by atoms with Gasteiger partial charge in [0.05, 0.1) is 4.31 Å². The van der Waals surface area contributed by atoms with Crippen molar-refractivity contribution in [2.45, 2.75) is 163 Å². The van der Waals surface area contributed by atoms with Crippen molar-refractivity contribution >= 4 is 70.0 Å². The molecule has 0 amide bonds. The zero-order chi connectivity index (χ0) is 60.0. The fourth-order valence-electron chi connectivity index (χ4n) is 11.7. The zero-order valence-electron chi connectivity index (χ0n) is 52.2. The Kier molecular flexibility index (Phi) is 15.3. The molecule has 0 unspecified atom stereocenters. The minimum Gasteiger partial charge on any atom is -0.245 e. The van der Waals surface area contributed by atoms with E-state index in [0.29, 0.717) is 17.2 Å². The van der Waals surface area contributed by atoms with Crippen LogP contribution in [0.5, 0.6) is 17.2 Å². The summed E-state index contributed by atoms with van der Waals surface area (Å²) >= 11 is 0. The van der Waals surface area contributed by atoms with Crippen molar-refractivity contribution in [3.8, 4) is 17.2 Å². The Morgan fingerprint density at radius 3 is 0.904 bits per heavy atom. The highest BCUT2D eigenvalue weighted by Crippen LogP contribution is 2.80. The largest absolute Gasteiger partial charge is 0.759 e. The van der Waals surface area contributed by atoms with Crippen LogP contribution in [0.3, 0.4) is 0 Å². The second-order valence-corrected chi connectivity index (χ2v) is 32.9. The molecule has 0 aliphatic carbocycles. The summed E-state index contributed by atoms with van der Waals surface area (Å²) in [6.45, 7) is 40.5. The predicted octanol–water partition coefficient (Wildman–Crippen LogP) is 22.0. The third kappa shape index (κ3) is 12.2. The van der Waals surface area contributed by atoms with E-state index in [0.717, 1.165) is 76.1 Å². The molecule has 10 aromatic carbocycles. The molecule has 0 atom stereocenters. The van der Waals surface area contributed by atoms with Crippen LogP contribution >= 0.6 is 16.1 Å². The van der Waals surface area contributed by atoms with E-state index in [1.54, 1.807) is 0 Å². The first-order valence-corrected chi connectivity index (χ1v) is 32.5. The summed E-state index contributed by atoms with van der Waals surface area (Å²) in [6.07, 6.45) is 0. The van der Waals surface area contributed by atoms with Crippen LogP contribution in [-0.4, -0.2) is 9.79 Å². The van der Waals surface area contributed by atoms with Gasteiger partial charge in [0.1, 0.15) is 0 Å². The topological polar surface area (TPSA) is 77.4 Å². The van der Waals surface area contributed by atoms with Gasteiger partial charge in [-0.05, 0) is 134 Å². The van der Waals surface area contributed by atoms with Crippen LogP contribution in [0, 0.1) is 0 Å². The van der Waals surface area contributed by atoms with Crippen LogP contribution in [0.15, 0.2) is 176 Å². The lowest BCUT2D eigenvalue weighted by molar-refractivity contribution is 0.230. The van der Waals surface area contributed by atoms with Crippen LogP contribution in [0.4, 0.5) is 0 Å². The van der Waals surface area contributed by atoms with Crippen molar-refractivity contribution in [1.29, 1.82) is 0 Å². The summed E-state index contributed by atoms with van der Waals surface area (Å²) < 4.78 is 30.1. The lowest BCUT2D eigenvalue weighted by Crippen LogP contribution is -2.25. The molecule has 10 rings (SSSR count). The number of hydrogen-bond acceptors (Lipinski definition) is 6. The van der Waals surface area contributed by atoms with Crippen LogP contribution in [0.2, 0.25) is 0 Å². The summed E-state index contributed by atoms with van der Waals surface area (Å²) in [5.41, 5.74) is 5.04. The highest BCUT2D eigenvalue weighted by Gasteiger charge is 2.71. The standard InChI is InChI=1S/C75H86O6P2/c1-70(2,3)53-40-51-42-62(72(7,8)9)60(46-58(51)64(44-53)74(13,14)15)69(61-47-59-52(43-63(61)73(10,11)12)41-54(71(4,5)6)45-65(59)75(16,17)18)82(76,77)81-83(78-66-37-25-31-48-28-19-22-34-55(48)66,79-67-38-26-32-49-29-20-23-35-56(49)67)80-68-39-27-33-50-30-21-24-36-57(50)68/h19-47,69,76-77H,1-18H3/q+2. The van der Waals surface area contributed by atoms with Gasteiger partial charge in [-0.1, -0.05) is 270 Å². The zero-order valence-corrected chi connectivity index (χ0v) is 54.0. The van der Waals surface area contributed by atoms with Gasteiger partial charge >= 0.3 is 16.1 Å². The second-order valence-electron chi connectivity index (χ2n) is 29.1. The van der Waals surface area contributed by atoms with Crippen LogP contribution < -0.4 is 13.6 Å². The van der Waals surface area contributed by atoms with Gasteiger partial charge in [0.2, 0.25) is 5.66 Å². The molecule has 0 radical (unpaired) electrons. The first kappa shape index (κ1) is 59.8. The minimum atomic E-state index is -5.07. The van der Waals surface area contributed by atoms with Gasteiger partial charge in [0.15, 0.2) is 17.2 Å². The smallest absolute Gasteiger partial charge is 0.245 e. The number of rotatable bonds is 11. The molecule has 6 nitrogen and oxygen atoms in total. The lowest BCUT2D eigenvalue weighted by atomic mass is 9.73. The molecule has 2 N–H and O–H groups in total. The average Bonchev–Trinajstić information content (AvgIpc) is 3.46. The maximum Gasteiger partial charge on any atom is 0.759 e. The Morgan fingerprint density at radius 1 is 0.301 bits per heavy atom. The van der Waals surface area contributed by atoms with Gasteiger partial charge in [0, 0.05) is 27.3 Å². The van der Waals surface area contributed by atoms with Crippen molar-refractivity contribution in [2.75, 3.05) is 0 Å². The molecule has 0 aliphatic rings. The van der Waals surface area contributed by atoms with Crippen molar-refractivity contribution in [2.24, 2.45) is 0 Å². The summed E-state index contributed by atoms with van der Waals surface area (Å²) in [7, 11) is -9.74. The van der Waals surface area contributed by atoms with E-state index in [9.17, 15) is 9.79 Å². The summed E-state index contributed by atoms with van der Waals surface area (Å²) in [5, 5.41) is 9.30. The van der Waals surface area contributed by atoms with Crippen LogP contribution in [0.1, 0.15) is 175 Å². The van der Waals surface area contributed by atoms with Crippen molar-refractivity contribution < 1.29 is 27.7 Å². The maximum atomic E-state index is 14.6. The van der Waals surface area contributed by atoms with E-state index in [2.05, 4.69) is 173 Å². The molecule has 83 heavy (non-hydrogen) atoms. The molecule has 8 heteroatoms. The third-order valence-corrected chi connectivity index (χ3v) is 20.5. The molecule has 10 aromatic rings. The molecule has 0 bridgehead atoms. The number of fused-ring (bicyclic) bond motifs is 5. The minimum absolute atomic E-state index is 0.141. The molecule has 0 fully saturated rings. The SMILES string of the molecule is CC(C)(C)c1cc(C(C)(C)C)c2cc(C(c3cc4c(C(C)(C)C)cc(C(C)(C)C)cc4cc3C(C)(C)C)[P+](O)(O)O[P+](Oc3cccc4ccccc34)(Oc3cccc4ccccc34)Oc3cccc4ccccc34)c(C(C)(C)C)cc2c1. The highest BCUT2D eigenvalue weighted by atomic mass is 31.3. The van der Waals surface area contributed by atoms with Crippen molar-refractivity contribution in [3.63, 3.8) is 0 Å². The quantitative estimate of drug-likeness (QED) is 0.126. The fourth-order valence-corrected chi connectivity index (χ4v) is 16.2. The first-order valence-electron chi connectivity index (χ1n) is 29.3. The van der Waals surface area contributed by atoms with Gasteiger partial charge in [-0.15, -0.1) is 0 Å². The molecule has 0 saturated carbocycles. The molecule has 430 valence electrons. The van der Waals surface area contributed by atoms with E-state index in [4.69, 9.17) is 17.9 Å². The molecule has 0 heterocycles. The van der Waals surface area contributed by atoms with Crippen molar-refractivity contribution in [3.05, 3.63) is 220 Å². The molecule has 0 aromatic heterocycles. The Bertz CT molecular complexity index is 3750. The molecular weight excluding hydrogens is 1060 g/mol. The van der Waals surface area contributed by atoms with Gasteiger partial charge in [-0.2, -0.15) is 9.79 Å². The third-order valence-electron chi connectivity index (χ3n) is 16.2. The summed E-state index contributed by atoms with van der Waals surface area (Å²) in [6, 6.07) is 59.9. The van der Waals surface area contributed by atoms with Crippen LogP contribution in [0.25, 0.3) is 53.9 Å². The van der Waals surface area contributed by atoms with Gasteiger partial charge in [0.25, 0.3) is 0 Å². The fraction of sp³-hybridized carbons (Fsp3) is 0.333. The Morgan fingerprint density at radius 2 is 0.602 bits per heavy atom. The lowest BCUT2D eigenvalue weighted by Gasteiger charge is -2.34. The highest BCUT2D eigenvalue weighted by molar-refractivity contribution is 7.72. The van der Waals surface area contributed by atoms with Gasteiger partial charge in [-0.3, -0.25) is 0 Å². The second kappa shape index (κ2) is 21.3. The van der Waals surface area contributed by atoms with Gasteiger partial charge < -0.3 is 0 Å². The summed E-state index contributed by atoms with van der Waals surface area (Å²) in [4.78, 5) is 29.2. The molecule has 0 spiro atoms. The van der Waals surface area contributed by atoms with Gasteiger partial charge in [-0.25, -0.2) is 13.6 Å². The predicted molar refractivity (Wildman–Crippen MR) is 355 cm³/mol. The summed E-state index contributed by atoms with van der Waals surface area (Å²) in [5.74, 6) is 1.18. The Labute approximate surface area is 495 Å². The number of hydrogen-bond donors (Lipinski definition) is 2. The van der Waals surface area contributed by atoms with E-state index >= 15 is 0 Å². The molecule has 0 aliphatic heterocycles. The number of benzene rings is 10. The first-order chi connectivity index (χ1) is 38.6. The molecule has 0 saturated heterocycles. The van der Waals surface area contributed by atoms with E-state index < -0.39 is 32.6 Å². The monoisotopic (exact) mass is 1140 g/mol.